The topological polar surface area (TPSA) is 49.9 Å². The van der Waals surface area contributed by atoms with E-state index < -0.39 is 0 Å². The van der Waals surface area contributed by atoms with Crippen LogP contribution in [-0.4, -0.2) is 11.1 Å². The minimum Gasteiger partial charge on any atom is -0.404 e. The van der Waals surface area contributed by atoms with Crippen molar-refractivity contribution in [1.29, 1.82) is 5.41 Å². The predicted octanol–water partition coefficient (Wildman–Crippen LogP) is 1.03. The van der Waals surface area contributed by atoms with Gasteiger partial charge in [-0.15, -0.1) is 0 Å². The Kier molecular flexibility index (Phi) is 3.55. The molecule has 3 N–H and O–H groups in total. The van der Waals surface area contributed by atoms with E-state index in [1.165, 1.54) is 12.3 Å². The molecule has 48 valence electrons. The molecule has 0 radical (unpaired) electrons. The predicted molar refractivity (Wildman–Crippen MR) is 43.8 cm³/mol. The summed E-state index contributed by atoms with van der Waals surface area (Å²) < 4.78 is 0. The van der Waals surface area contributed by atoms with Crippen molar-refractivity contribution in [2.45, 2.75) is 0 Å². The van der Waals surface area contributed by atoms with Crippen molar-refractivity contribution in [3.8, 4) is 0 Å². The lowest BCUT2D eigenvalue weighted by atomic mass is 10.2. The zero-order valence-electron chi connectivity index (χ0n) is 4.92. The molecule has 2 nitrogen and oxygen atoms in total. The first-order valence-electron chi connectivity index (χ1n) is 2.35. The largest absolute Gasteiger partial charge is 0.404 e. The number of nitrogens with two attached hydrogens (primary N) is 1. The van der Waals surface area contributed by atoms with E-state index in [1.807, 2.05) is 0 Å². The smallest absolute Gasteiger partial charge is 0.0639 e. The quantitative estimate of drug-likeness (QED) is 0.266. The summed E-state index contributed by atoms with van der Waals surface area (Å²) in [6, 6.07) is 0. The van der Waals surface area contributed by atoms with E-state index in [0.29, 0.717) is 10.4 Å². The van der Waals surface area contributed by atoms with E-state index in [2.05, 4.69) is 6.58 Å². The van der Waals surface area contributed by atoms with Crippen LogP contribution in [0.25, 0.3) is 0 Å². The van der Waals surface area contributed by atoms with Crippen LogP contribution in [0.2, 0.25) is 0 Å². The Balaban J connectivity index is 4.31. The first-order valence-corrected chi connectivity index (χ1v) is 2.76. The molecule has 0 unspecified atom stereocenters. The molecular weight excluding hydrogens is 132 g/mol. The number of rotatable bonds is 3. The molecule has 0 heterocycles. The van der Waals surface area contributed by atoms with E-state index in [1.54, 1.807) is 0 Å². The first-order chi connectivity index (χ1) is 4.26. The monoisotopic (exact) mass is 140 g/mol. The highest BCUT2D eigenvalue weighted by Gasteiger charge is 1.92. The van der Waals surface area contributed by atoms with Gasteiger partial charge in [0, 0.05) is 18.0 Å². The van der Waals surface area contributed by atoms with Gasteiger partial charge in [-0.25, -0.2) is 0 Å². The van der Waals surface area contributed by atoms with Crippen LogP contribution >= 0.6 is 12.2 Å². The van der Waals surface area contributed by atoms with Crippen molar-refractivity contribution in [2.24, 2.45) is 5.73 Å². The molecular formula is C6H8N2S. The second kappa shape index (κ2) is 3.97. The van der Waals surface area contributed by atoms with Gasteiger partial charge in [0.25, 0.3) is 0 Å². The summed E-state index contributed by atoms with van der Waals surface area (Å²) in [6.45, 7) is 3.46. The third-order valence-electron chi connectivity index (χ3n) is 0.815. The lowest BCUT2D eigenvalue weighted by Crippen LogP contribution is -1.99. The van der Waals surface area contributed by atoms with Gasteiger partial charge >= 0.3 is 0 Å². The summed E-state index contributed by atoms with van der Waals surface area (Å²) in [6.07, 6.45) is 3.92. The Morgan fingerprint density at radius 2 is 2.22 bits per heavy atom. The molecule has 0 saturated heterocycles. The molecule has 0 bridgehead atoms. The van der Waals surface area contributed by atoms with Crippen LogP contribution in [0, 0.1) is 5.41 Å². The Morgan fingerprint density at radius 3 is 2.33 bits per heavy atom. The normalized spacial score (nSPS) is 10.4. The van der Waals surface area contributed by atoms with Gasteiger partial charge in [0.15, 0.2) is 0 Å². The molecule has 0 aliphatic heterocycles. The average molecular weight is 140 g/mol. The van der Waals surface area contributed by atoms with Crippen LogP contribution in [0.3, 0.4) is 0 Å². The van der Waals surface area contributed by atoms with Crippen molar-refractivity contribution in [2.75, 3.05) is 0 Å². The maximum absolute atomic E-state index is 6.74. The zero-order valence-corrected chi connectivity index (χ0v) is 5.74. The summed E-state index contributed by atoms with van der Waals surface area (Å²) in [5.74, 6) is 0. The Morgan fingerprint density at radius 1 is 1.67 bits per heavy atom. The highest BCUT2D eigenvalue weighted by molar-refractivity contribution is 7.82. The molecule has 3 heteroatoms. The fraction of sp³-hybridized carbons (Fsp3) is 0. The van der Waals surface area contributed by atoms with E-state index >= 15 is 0 Å². The lowest BCUT2D eigenvalue weighted by Gasteiger charge is -1.92. The molecule has 0 rings (SSSR count). The Hall–Kier alpha value is -0.960. The fourth-order valence-corrected chi connectivity index (χ4v) is 0.485. The number of nitrogens with one attached hydrogen (secondary N) is 1. The number of allylic oxidation sites excluding steroid dienone is 2. The van der Waals surface area contributed by atoms with E-state index in [9.17, 15) is 0 Å². The molecule has 0 aromatic carbocycles. The molecule has 0 fully saturated rings. The molecule has 0 saturated carbocycles. The average Bonchev–Trinajstić information content (AvgIpc) is 1.90. The minimum absolute atomic E-state index is 0.410. The molecule has 0 spiro atoms. The number of hydrogen-bond acceptors (Lipinski definition) is 3. The molecule has 0 aliphatic carbocycles. The fourth-order valence-electron chi connectivity index (χ4n) is 0.334. The van der Waals surface area contributed by atoms with E-state index in [-0.39, 0.29) is 0 Å². The van der Waals surface area contributed by atoms with Crippen molar-refractivity contribution in [1.82, 2.24) is 0 Å². The van der Waals surface area contributed by atoms with Crippen LogP contribution in [0.1, 0.15) is 0 Å². The molecule has 0 atom stereocenters. The van der Waals surface area contributed by atoms with Crippen LogP contribution in [0.5, 0.6) is 0 Å². The third kappa shape index (κ3) is 2.19. The van der Waals surface area contributed by atoms with Crippen molar-refractivity contribution >= 4 is 23.3 Å². The van der Waals surface area contributed by atoms with E-state index in [4.69, 9.17) is 23.4 Å². The van der Waals surface area contributed by atoms with Crippen molar-refractivity contribution in [3.63, 3.8) is 0 Å². The van der Waals surface area contributed by atoms with Gasteiger partial charge in [0.05, 0.1) is 4.86 Å². The lowest BCUT2D eigenvalue weighted by molar-refractivity contribution is 1.56. The summed E-state index contributed by atoms with van der Waals surface area (Å²) in [7, 11) is 0. The maximum atomic E-state index is 6.74. The number of thiocarbonyl (C=S) groups is 1. The van der Waals surface area contributed by atoms with Crippen LogP contribution < -0.4 is 5.73 Å². The maximum Gasteiger partial charge on any atom is 0.0639 e. The molecule has 0 aromatic heterocycles. The SMILES string of the molecule is C=C/C(=C/N)C(=S)C=N. The van der Waals surface area contributed by atoms with E-state index in [0.717, 1.165) is 6.21 Å². The van der Waals surface area contributed by atoms with Gasteiger partial charge in [-0.2, -0.15) is 0 Å². The van der Waals surface area contributed by atoms with Crippen LogP contribution in [0.15, 0.2) is 24.4 Å². The summed E-state index contributed by atoms with van der Waals surface area (Å²) in [4.78, 5) is 0.410. The van der Waals surface area contributed by atoms with Gasteiger partial charge < -0.3 is 11.1 Å². The Labute approximate surface area is 59.6 Å². The highest BCUT2D eigenvalue weighted by atomic mass is 32.1. The van der Waals surface area contributed by atoms with Gasteiger partial charge in [0.1, 0.15) is 0 Å². The van der Waals surface area contributed by atoms with Gasteiger partial charge in [0.2, 0.25) is 0 Å². The van der Waals surface area contributed by atoms with Crippen molar-refractivity contribution < 1.29 is 0 Å². The minimum atomic E-state index is 0.410. The second-order valence-electron chi connectivity index (χ2n) is 1.33. The van der Waals surface area contributed by atoms with Gasteiger partial charge in [-0.3, -0.25) is 0 Å². The summed E-state index contributed by atoms with van der Waals surface area (Å²) in [5.41, 5.74) is 5.76. The summed E-state index contributed by atoms with van der Waals surface area (Å²) in [5, 5.41) is 6.74. The second-order valence-corrected chi connectivity index (χ2v) is 1.77. The summed E-state index contributed by atoms with van der Waals surface area (Å²) >= 11 is 4.71. The van der Waals surface area contributed by atoms with Crippen molar-refractivity contribution in [3.05, 3.63) is 24.4 Å². The van der Waals surface area contributed by atoms with Gasteiger partial charge in [-0.05, 0) is 0 Å². The van der Waals surface area contributed by atoms with Crippen LogP contribution in [-0.2, 0) is 0 Å². The Bertz CT molecular complexity index is 170. The zero-order chi connectivity index (χ0) is 7.28. The number of hydrogen-bond donors (Lipinski definition) is 2. The first kappa shape index (κ1) is 8.04. The standard InChI is InChI=1S/C6H8N2S/c1-2-5(3-7)6(9)4-8/h2-4,8H,1,7H2/b5-3-,8-4?. The molecule has 0 amide bonds. The molecule has 9 heavy (non-hydrogen) atoms. The molecule has 0 aliphatic rings. The molecule has 0 aromatic rings. The highest BCUT2D eigenvalue weighted by Crippen LogP contribution is 1.94. The van der Waals surface area contributed by atoms with Crippen LogP contribution in [0.4, 0.5) is 0 Å². The third-order valence-corrected chi connectivity index (χ3v) is 1.17. The van der Waals surface area contributed by atoms with Gasteiger partial charge in [-0.1, -0.05) is 24.9 Å².